The van der Waals surface area contributed by atoms with Crippen molar-refractivity contribution >= 4 is 0 Å². The molecule has 0 bridgehead atoms. The lowest BCUT2D eigenvalue weighted by Crippen LogP contribution is -2.22. The number of hydrogen-bond donors (Lipinski definition) is 1. The predicted molar refractivity (Wildman–Crippen MR) is 54.6 cm³/mol. The Morgan fingerprint density at radius 3 is 2.69 bits per heavy atom. The maximum absolute atomic E-state index is 6.04. The van der Waals surface area contributed by atoms with Gasteiger partial charge in [-0.1, -0.05) is 0 Å². The molecule has 1 aliphatic rings. The minimum Gasteiger partial charge on any atom is -0.354 e. The Hall–Kier alpha value is -0.760. The summed E-state index contributed by atoms with van der Waals surface area (Å²) in [4.78, 5) is 0. The SMILES string of the molecule is Cc1cc(CCC2(N)CC2)n(C)c1. The Kier molecular flexibility index (Phi) is 1.95. The minimum atomic E-state index is 0.193. The average Bonchev–Trinajstić information content (AvgIpc) is 2.69. The van der Waals surface area contributed by atoms with Gasteiger partial charge in [0.1, 0.15) is 0 Å². The van der Waals surface area contributed by atoms with Crippen molar-refractivity contribution in [3.63, 3.8) is 0 Å². The first kappa shape index (κ1) is 8.82. The van der Waals surface area contributed by atoms with Crippen LogP contribution in [0.1, 0.15) is 30.5 Å². The van der Waals surface area contributed by atoms with Gasteiger partial charge in [0.2, 0.25) is 0 Å². The fraction of sp³-hybridized carbons (Fsp3) is 0.636. The summed E-state index contributed by atoms with van der Waals surface area (Å²) in [6, 6.07) is 2.26. The van der Waals surface area contributed by atoms with Crippen molar-refractivity contribution in [3.8, 4) is 0 Å². The highest BCUT2D eigenvalue weighted by Gasteiger charge is 2.37. The summed E-state index contributed by atoms with van der Waals surface area (Å²) < 4.78 is 2.21. The molecule has 0 amide bonds. The van der Waals surface area contributed by atoms with E-state index in [4.69, 9.17) is 5.73 Å². The molecule has 0 unspecified atom stereocenters. The molecule has 0 atom stereocenters. The van der Waals surface area contributed by atoms with E-state index < -0.39 is 0 Å². The topological polar surface area (TPSA) is 30.9 Å². The second kappa shape index (κ2) is 2.88. The second-order valence-electron chi connectivity index (χ2n) is 4.48. The summed E-state index contributed by atoms with van der Waals surface area (Å²) in [5.41, 5.74) is 8.99. The smallest absolute Gasteiger partial charge is 0.0175 e. The van der Waals surface area contributed by atoms with Crippen LogP contribution in [0.5, 0.6) is 0 Å². The Balaban J connectivity index is 1.97. The highest BCUT2D eigenvalue weighted by molar-refractivity contribution is 5.18. The Morgan fingerprint density at radius 2 is 2.23 bits per heavy atom. The molecule has 1 aromatic rings. The number of nitrogens with zero attached hydrogens (tertiary/aromatic N) is 1. The first-order valence-corrected chi connectivity index (χ1v) is 5.00. The number of aromatic nitrogens is 1. The van der Waals surface area contributed by atoms with Crippen LogP contribution >= 0.6 is 0 Å². The van der Waals surface area contributed by atoms with Crippen LogP contribution in [-0.4, -0.2) is 10.1 Å². The first-order chi connectivity index (χ1) is 6.09. The second-order valence-corrected chi connectivity index (χ2v) is 4.48. The third-order valence-electron chi connectivity index (χ3n) is 3.02. The van der Waals surface area contributed by atoms with Crippen LogP contribution < -0.4 is 5.73 Å². The quantitative estimate of drug-likeness (QED) is 0.751. The van der Waals surface area contributed by atoms with Gasteiger partial charge in [-0.05, 0) is 44.2 Å². The summed E-state index contributed by atoms with van der Waals surface area (Å²) in [7, 11) is 2.11. The Morgan fingerprint density at radius 1 is 1.54 bits per heavy atom. The van der Waals surface area contributed by atoms with Crippen molar-refractivity contribution in [2.75, 3.05) is 0 Å². The number of aryl methyl sites for hydroxylation is 3. The van der Waals surface area contributed by atoms with E-state index in [2.05, 4.69) is 30.8 Å². The van der Waals surface area contributed by atoms with Crippen LogP contribution in [0, 0.1) is 6.92 Å². The maximum Gasteiger partial charge on any atom is 0.0175 e. The monoisotopic (exact) mass is 178 g/mol. The summed E-state index contributed by atoms with van der Waals surface area (Å²) in [5, 5.41) is 0. The standard InChI is InChI=1S/C11H18N2/c1-9-7-10(13(2)8-9)3-4-11(12)5-6-11/h7-8H,3-6,12H2,1-2H3. The van der Waals surface area contributed by atoms with Crippen molar-refractivity contribution in [3.05, 3.63) is 23.5 Å². The van der Waals surface area contributed by atoms with Gasteiger partial charge in [-0.25, -0.2) is 0 Å². The molecule has 72 valence electrons. The van der Waals surface area contributed by atoms with Crippen molar-refractivity contribution in [2.24, 2.45) is 12.8 Å². The molecule has 1 aliphatic carbocycles. The third-order valence-corrected chi connectivity index (χ3v) is 3.02. The molecule has 0 spiro atoms. The normalized spacial score (nSPS) is 19.0. The molecular weight excluding hydrogens is 160 g/mol. The zero-order valence-corrected chi connectivity index (χ0v) is 8.51. The van der Waals surface area contributed by atoms with E-state index in [9.17, 15) is 0 Å². The van der Waals surface area contributed by atoms with E-state index in [1.807, 2.05) is 0 Å². The van der Waals surface area contributed by atoms with Gasteiger partial charge in [-0.3, -0.25) is 0 Å². The van der Waals surface area contributed by atoms with E-state index in [-0.39, 0.29) is 5.54 Å². The molecule has 2 heteroatoms. The van der Waals surface area contributed by atoms with E-state index in [1.165, 1.54) is 24.1 Å². The first-order valence-electron chi connectivity index (χ1n) is 5.00. The van der Waals surface area contributed by atoms with Gasteiger partial charge in [0.05, 0.1) is 0 Å². The zero-order chi connectivity index (χ0) is 9.47. The van der Waals surface area contributed by atoms with Gasteiger partial charge in [0.25, 0.3) is 0 Å². The molecular formula is C11H18N2. The molecule has 1 saturated carbocycles. The van der Waals surface area contributed by atoms with Crippen LogP contribution in [-0.2, 0) is 13.5 Å². The molecule has 0 saturated heterocycles. The van der Waals surface area contributed by atoms with E-state index >= 15 is 0 Å². The van der Waals surface area contributed by atoms with Gasteiger partial charge >= 0.3 is 0 Å². The molecule has 1 heterocycles. The van der Waals surface area contributed by atoms with Gasteiger partial charge < -0.3 is 10.3 Å². The van der Waals surface area contributed by atoms with E-state index in [0.29, 0.717) is 0 Å². The predicted octanol–water partition coefficient (Wildman–Crippen LogP) is 1.76. The van der Waals surface area contributed by atoms with Crippen molar-refractivity contribution in [1.82, 2.24) is 4.57 Å². The highest BCUT2D eigenvalue weighted by atomic mass is 14.9. The molecule has 2 rings (SSSR count). The summed E-state index contributed by atoms with van der Waals surface area (Å²) in [6.07, 6.45) is 6.88. The van der Waals surface area contributed by atoms with Crippen molar-refractivity contribution in [2.45, 2.75) is 38.1 Å². The van der Waals surface area contributed by atoms with Gasteiger partial charge in [-0.2, -0.15) is 0 Å². The number of hydrogen-bond acceptors (Lipinski definition) is 1. The molecule has 1 aromatic heterocycles. The lowest BCUT2D eigenvalue weighted by molar-refractivity contribution is 0.594. The third kappa shape index (κ3) is 1.94. The summed E-state index contributed by atoms with van der Waals surface area (Å²) >= 11 is 0. The Labute approximate surface area is 79.7 Å². The fourth-order valence-electron chi connectivity index (χ4n) is 1.83. The molecule has 2 N–H and O–H groups in total. The molecule has 13 heavy (non-hydrogen) atoms. The van der Waals surface area contributed by atoms with Gasteiger partial charge in [0.15, 0.2) is 0 Å². The lowest BCUT2D eigenvalue weighted by atomic mass is 10.1. The van der Waals surface area contributed by atoms with Crippen LogP contribution in [0.2, 0.25) is 0 Å². The molecule has 0 radical (unpaired) electrons. The zero-order valence-electron chi connectivity index (χ0n) is 8.51. The maximum atomic E-state index is 6.04. The number of nitrogens with two attached hydrogens (primary N) is 1. The highest BCUT2D eigenvalue weighted by Crippen LogP contribution is 2.36. The van der Waals surface area contributed by atoms with Crippen LogP contribution in [0.3, 0.4) is 0 Å². The molecule has 0 aliphatic heterocycles. The van der Waals surface area contributed by atoms with Crippen LogP contribution in [0.4, 0.5) is 0 Å². The number of rotatable bonds is 3. The average molecular weight is 178 g/mol. The Bertz CT molecular complexity index is 308. The van der Waals surface area contributed by atoms with Crippen LogP contribution in [0.15, 0.2) is 12.3 Å². The van der Waals surface area contributed by atoms with E-state index in [1.54, 1.807) is 0 Å². The summed E-state index contributed by atoms with van der Waals surface area (Å²) in [6.45, 7) is 2.14. The fourth-order valence-corrected chi connectivity index (χ4v) is 1.83. The van der Waals surface area contributed by atoms with Crippen molar-refractivity contribution < 1.29 is 0 Å². The summed E-state index contributed by atoms with van der Waals surface area (Å²) in [5.74, 6) is 0. The molecule has 0 aromatic carbocycles. The minimum absolute atomic E-state index is 0.193. The van der Waals surface area contributed by atoms with Gasteiger partial charge in [0, 0.05) is 24.5 Å². The molecule has 2 nitrogen and oxygen atoms in total. The molecule has 1 fully saturated rings. The van der Waals surface area contributed by atoms with Crippen LogP contribution in [0.25, 0.3) is 0 Å². The largest absolute Gasteiger partial charge is 0.354 e. The van der Waals surface area contributed by atoms with Gasteiger partial charge in [-0.15, -0.1) is 0 Å². The van der Waals surface area contributed by atoms with Crippen molar-refractivity contribution in [1.29, 1.82) is 0 Å². The van der Waals surface area contributed by atoms with E-state index in [0.717, 1.165) is 12.8 Å². The lowest BCUT2D eigenvalue weighted by Gasteiger charge is -2.08.